The van der Waals surface area contributed by atoms with Gasteiger partial charge in [-0.3, -0.25) is 0 Å². The number of hydrogen-bond acceptors (Lipinski definition) is 3. The molecule has 3 heteroatoms. The molecule has 0 spiro atoms. The van der Waals surface area contributed by atoms with Gasteiger partial charge >= 0.3 is 0 Å². The molecule has 1 fully saturated rings. The van der Waals surface area contributed by atoms with Crippen molar-refractivity contribution in [3.8, 4) is 5.75 Å². The molecule has 0 amide bonds. The largest absolute Gasteiger partial charge is 0.492 e. The van der Waals surface area contributed by atoms with Crippen molar-refractivity contribution in [2.45, 2.75) is 38.2 Å². The van der Waals surface area contributed by atoms with Crippen molar-refractivity contribution in [1.82, 2.24) is 0 Å². The van der Waals surface area contributed by atoms with Gasteiger partial charge in [-0.25, -0.2) is 0 Å². The summed E-state index contributed by atoms with van der Waals surface area (Å²) in [7, 11) is 0. The van der Waals surface area contributed by atoms with E-state index < -0.39 is 5.60 Å². The third-order valence-corrected chi connectivity index (χ3v) is 3.33. The molecule has 2 N–H and O–H groups in total. The van der Waals surface area contributed by atoms with Crippen LogP contribution in [0.4, 0.5) is 5.69 Å². The Bertz CT molecular complexity index is 359. The van der Waals surface area contributed by atoms with E-state index in [1.807, 2.05) is 31.2 Å². The second-order valence-corrected chi connectivity index (χ2v) is 4.71. The summed E-state index contributed by atoms with van der Waals surface area (Å²) in [6, 6.07) is 7.87. The van der Waals surface area contributed by atoms with Crippen molar-refractivity contribution in [2.24, 2.45) is 0 Å². The van der Waals surface area contributed by atoms with Crippen molar-refractivity contribution in [3.05, 3.63) is 24.3 Å². The van der Waals surface area contributed by atoms with Gasteiger partial charge in [0.25, 0.3) is 0 Å². The van der Waals surface area contributed by atoms with Crippen LogP contribution in [0.25, 0.3) is 0 Å². The molecule has 0 aliphatic heterocycles. The van der Waals surface area contributed by atoms with Crippen LogP contribution in [0.15, 0.2) is 24.3 Å². The fraction of sp³-hybridized carbons (Fsp3) is 0.571. The van der Waals surface area contributed by atoms with Crippen molar-refractivity contribution in [1.29, 1.82) is 0 Å². The van der Waals surface area contributed by atoms with E-state index >= 15 is 0 Å². The molecule has 0 heterocycles. The van der Waals surface area contributed by atoms with Gasteiger partial charge in [-0.05, 0) is 31.9 Å². The SMILES string of the molecule is CCOc1ccccc1NCC1(O)CCCC1. The number of benzene rings is 1. The summed E-state index contributed by atoms with van der Waals surface area (Å²) in [5, 5.41) is 13.6. The average Bonchev–Trinajstić information content (AvgIpc) is 2.76. The highest BCUT2D eigenvalue weighted by Gasteiger charge is 2.30. The summed E-state index contributed by atoms with van der Waals surface area (Å²) in [6.45, 7) is 3.24. The minimum Gasteiger partial charge on any atom is -0.492 e. The zero-order valence-electron chi connectivity index (χ0n) is 10.4. The Labute approximate surface area is 103 Å². The predicted molar refractivity (Wildman–Crippen MR) is 69.5 cm³/mol. The second kappa shape index (κ2) is 5.41. The Balaban J connectivity index is 1.98. The van der Waals surface area contributed by atoms with Gasteiger partial charge in [0.2, 0.25) is 0 Å². The number of ether oxygens (including phenoxy) is 1. The highest BCUT2D eigenvalue weighted by atomic mass is 16.5. The first kappa shape index (κ1) is 12.2. The first-order valence-corrected chi connectivity index (χ1v) is 6.42. The van der Waals surface area contributed by atoms with Gasteiger partial charge in [0.1, 0.15) is 5.75 Å². The topological polar surface area (TPSA) is 41.5 Å². The number of rotatable bonds is 5. The van der Waals surface area contributed by atoms with Crippen LogP contribution in [0, 0.1) is 0 Å². The molecule has 1 aromatic carbocycles. The maximum atomic E-state index is 10.3. The summed E-state index contributed by atoms with van der Waals surface area (Å²) in [6.07, 6.45) is 4.06. The lowest BCUT2D eigenvalue weighted by atomic mass is 10.0. The van der Waals surface area contributed by atoms with Gasteiger partial charge in [0, 0.05) is 6.54 Å². The molecule has 1 aliphatic carbocycles. The molecular weight excluding hydrogens is 214 g/mol. The third-order valence-electron chi connectivity index (χ3n) is 3.33. The van der Waals surface area contributed by atoms with E-state index in [2.05, 4.69) is 5.32 Å². The van der Waals surface area contributed by atoms with Crippen LogP contribution in [0.5, 0.6) is 5.75 Å². The van der Waals surface area contributed by atoms with Crippen molar-refractivity contribution in [2.75, 3.05) is 18.5 Å². The summed E-state index contributed by atoms with van der Waals surface area (Å²) < 4.78 is 5.54. The van der Waals surface area contributed by atoms with Crippen LogP contribution < -0.4 is 10.1 Å². The highest BCUT2D eigenvalue weighted by Crippen LogP contribution is 2.31. The number of para-hydroxylation sites is 2. The number of nitrogens with one attached hydrogen (secondary N) is 1. The molecule has 0 atom stereocenters. The molecule has 1 saturated carbocycles. The zero-order valence-corrected chi connectivity index (χ0v) is 10.4. The zero-order chi connectivity index (χ0) is 12.1. The molecule has 0 radical (unpaired) electrons. The van der Waals surface area contributed by atoms with Crippen LogP contribution >= 0.6 is 0 Å². The van der Waals surface area contributed by atoms with Crippen LogP contribution in [-0.4, -0.2) is 23.9 Å². The van der Waals surface area contributed by atoms with Crippen molar-refractivity contribution >= 4 is 5.69 Å². The fourth-order valence-corrected chi connectivity index (χ4v) is 2.36. The monoisotopic (exact) mass is 235 g/mol. The maximum absolute atomic E-state index is 10.3. The van der Waals surface area contributed by atoms with Gasteiger partial charge < -0.3 is 15.2 Å². The van der Waals surface area contributed by atoms with Gasteiger partial charge in [0.05, 0.1) is 17.9 Å². The third kappa shape index (κ3) is 3.13. The Morgan fingerprint density at radius 3 is 2.71 bits per heavy atom. The number of aliphatic hydroxyl groups is 1. The molecular formula is C14H21NO2. The van der Waals surface area contributed by atoms with Crippen molar-refractivity contribution < 1.29 is 9.84 Å². The Morgan fingerprint density at radius 1 is 1.29 bits per heavy atom. The van der Waals surface area contributed by atoms with E-state index in [0.717, 1.165) is 37.1 Å². The van der Waals surface area contributed by atoms with Gasteiger partial charge in [-0.15, -0.1) is 0 Å². The van der Waals surface area contributed by atoms with E-state index in [9.17, 15) is 5.11 Å². The number of anilines is 1. The van der Waals surface area contributed by atoms with E-state index in [0.29, 0.717) is 13.2 Å². The van der Waals surface area contributed by atoms with Gasteiger partial charge in [-0.1, -0.05) is 25.0 Å². The summed E-state index contributed by atoms with van der Waals surface area (Å²) in [5.41, 5.74) is 0.439. The molecule has 0 unspecified atom stereocenters. The lowest BCUT2D eigenvalue weighted by molar-refractivity contribution is 0.0614. The first-order valence-electron chi connectivity index (χ1n) is 6.42. The average molecular weight is 235 g/mol. The lowest BCUT2D eigenvalue weighted by Gasteiger charge is -2.23. The molecule has 94 valence electrons. The molecule has 1 aromatic rings. The van der Waals surface area contributed by atoms with Crippen LogP contribution in [0.3, 0.4) is 0 Å². The fourth-order valence-electron chi connectivity index (χ4n) is 2.36. The lowest BCUT2D eigenvalue weighted by Crippen LogP contribution is -2.33. The maximum Gasteiger partial charge on any atom is 0.142 e. The van der Waals surface area contributed by atoms with E-state index in [1.54, 1.807) is 0 Å². The molecule has 0 aromatic heterocycles. The van der Waals surface area contributed by atoms with Gasteiger partial charge in [0.15, 0.2) is 0 Å². The Hall–Kier alpha value is -1.22. The normalized spacial score (nSPS) is 18.0. The predicted octanol–water partition coefficient (Wildman–Crippen LogP) is 2.80. The molecule has 0 saturated heterocycles. The molecule has 2 rings (SSSR count). The second-order valence-electron chi connectivity index (χ2n) is 4.71. The van der Waals surface area contributed by atoms with Crippen molar-refractivity contribution in [3.63, 3.8) is 0 Å². The summed E-state index contributed by atoms with van der Waals surface area (Å²) in [4.78, 5) is 0. The highest BCUT2D eigenvalue weighted by molar-refractivity contribution is 5.56. The van der Waals surface area contributed by atoms with Crippen LogP contribution in [-0.2, 0) is 0 Å². The first-order chi connectivity index (χ1) is 8.23. The summed E-state index contributed by atoms with van der Waals surface area (Å²) >= 11 is 0. The van der Waals surface area contributed by atoms with E-state index in [4.69, 9.17) is 4.74 Å². The molecule has 17 heavy (non-hydrogen) atoms. The van der Waals surface area contributed by atoms with E-state index in [-0.39, 0.29) is 0 Å². The van der Waals surface area contributed by atoms with Crippen LogP contribution in [0.2, 0.25) is 0 Å². The molecule has 0 bridgehead atoms. The minimum atomic E-state index is -0.528. The Morgan fingerprint density at radius 2 is 2.00 bits per heavy atom. The van der Waals surface area contributed by atoms with Gasteiger partial charge in [-0.2, -0.15) is 0 Å². The number of hydrogen-bond donors (Lipinski definition) is 2. The quantitative estimate of drug-likeness (QED) is 0.824. The standard InChI is InChI=1S/C14H21NO2/c1-2-17-13-8-4-3-7-12(13)15-11-14(16)9-5-6-10-14/h3-4,7-8,15-16H,2,5-6,9-11H2,1H3. The molecule has 3 nitrogen and oxygen atoms in total. The smallest absolute Gasteiger partial charge is 0.142 e. The molecule has 1 aliphatic rings. The van der Waals surface area contributed by atoms with E-state index in [1.165, 1.54) is 0 Å². The minimum absolute atomic E-state index is 0.528. The Kier molecular flexibility index (Phi) is 3.89. The summed E-state index contributed by atoms with van der Waals surface area (Å²) in [5.74, 6) is 0.858. The van der Waals surface area contributed by atoms with Crippen LogP contribution in [0.1, 0.15) is 32.6 Å².